The van der Waals surface area contributed by atoms with Gasteiger partial charge in [0.05, 0.1) is 11.3 Å². The third kappa shape index (κ3) is 2.52. The van der Waals surface area contributed by atoms with Gasteiger partial charge in [0.2, 0.25) is 0 Å². The van der Waals surface area contributed by atoms with E-state index in [1.165, 1.54) is 13.8 Å². The molecule has 1 aliphatic heterocycles. The molecule has 5 aliphatic rings. The van der Waals surface area contributed by atoms with E-state index in [0.717, 1.165) is 32.1 Å². The Morgan fingerprint density at radius 1 is 0.968 bits per heavy atom. The molecule has 31 heavy (non-hydrogen) atoms. The molecule has 2 bridgehead atoms. The summed E-state index contributed by atoms with van der Waals surface area (Å²) < 4.78 is 17.4. The highest BCUT2D eigenvalue weighted by molar-refractivity contribution is 5.99. The number of fused-ring (bicyclic) bond motifs is 3. The summed E-state index contributed by atoms with van der Waals surface area (Å²) in [5, 5.41) is 0. The van der Waals surface area contributed by atoms with E-state index >= 15 is 0 Å². The first-order valence-corrected chi connectivity index (χ1v) is 11.7. The molecule has 0 amide bonds. The average molecular weight is 433 g/mol. The summed E-state index contributed by atoms with van der Waals surface area (Å²) in [5.41, 5.74) is -1.96. The summed E-state index contributed by atoms with van der Waals surface area (Å²) in [7, 11) is 0. The van der Waals surface area contributed by atoms with Crippen molar-refractivity contribution in [1.82, 2.24) is 0 Å². The number of hydrogen-bond donors (Lipinski definition) is 0. The first-order valence-electron chi connectivity index (χ1n) is 11.7. The second-order valence-corrected chi connectivity index (χ2v) is 10.9. The molecule has 0 radical (unpaired) electrons. The van der Waals surface area contributed by atoms with E-state index < -0.39 is 29.0 Å². The molecule has 0 aromatic rings. The lowest BCUT2D eigenvalue weighted by Gasteiger charge is -2.63. The SMILES string of the molecule is CC(=O)O[C@H]1CC[C@@]2(C)[C@H](CC[C@@H]3[C@@H]2[C@H](OC(C)=O)C(=O)[C@]2(C)[C@@H]4CC[C@]32OC4=O)C1. The van der Waals surface area contributed by atoms with Crippen molar-refractivity contribution >= 4 is 23.7 Å². The van der Waals surface area contributed by atoms with Crippen LogP contribution in [-0.2, 0) is 33.4 Å². The van der Waals surface area contributed by atoms with Crippen LogP contribution in [0, 0.1) is 34.5 Å². The average Bonchev–Trinajstić information content (AvgIpc) is 3.10. The maximum Gasteiger partial charge on any atom is 0.310 e. The van der Waals surface area contributed by atoms with Gasteiger partial charge in [0.15, 0.2) is 11.9 Å². The molecule has 4 saturated carbocycles. The predicted octanol–water partition coefficient (Wildman–Crippen LogP) is 2.98. The third-order valence-corrected chi connectivity index (χ3v) is 9.77. The summed E-state index contributed by atoms with van der Waals surface area (Å²) in [6, 6.07) is 0. The minimum atomic E-state index is -0.927. The second kappa shape index (κ2) is 6.55. The number of rotatable bonds is 2. The molecule has 5 rings (SSSR count). The lowest BCUT2D eigenvalue weighted by atomic mass is 9.42. The van der Waals surface area contributed by atoms with E-state index in [1.54, 1.807) is 0 Å². The zero-order valence-electron chi connectivity index (χ0n) is 18.8. The quantitative estimate of drug-likeness (QED) is 0.489. The number of ketones is 1. The van der Waals surface area contributed by atoms with Gasteiger partial charge >= 0.3 is 17.9 Å². The smallest absolute Gasteiger partial charge is 0.310 e. The fourth-order valence-electron chi connectivity index (χ4n) is 8.46. The Hall–Kier alpha value is -1.92. The molecule has 9 atom stereocenters. The molecule has 170 valence electrons. The molecule has 0 unspecified atom stereocenters. The van der Waals surface area contributed by atoms with Crippen molar-refractivity contribution in [3.8, 4) is 0 Å². The molecule has 0 spiro atoms. The van der Waals surface area contributed by atoms with Gasteiger partial charge in [-0.05, 0) is 63.2 Å². The van der Waals surface area contributed by atoms with Crippen LogP contribution in [0.2, 0.25) is 0 Å². The van der Waals surface area contributed by atoms with Gasteiger partial charge in [0.1, 0.15) is 11.7 Å². The van der Waals surface area contributed by atoms with Gasteiger partial charge < -0.3 is 14.2 Å². The van der Waals surface area contributed by atoms with Crippen molar-refractivity contribution in [1.29, 1.82) is 0 Å². The maximum atomic E-state index is 14.0. The van der Waals surface area contributed by atoms with E-state index in [-0.39, 0.29) is 47.0 Å². The van der Waals surface area contributed by atoms with Crippen LogP contribution < -0.4 is 0 Å². The van der Waals surface area contributed by atoms with Gasteiger partial charge in [-0.25, -0.2) is 0 Å². The number of esters is 3. The van der Waals surface area contributed by atoms with Crippen LogP contribution in [0.15, 0.2) is 0 Å². The molecule has 0 aromatic carbocycles. The van der Waals surface area contributed by atoms with Gasteiger partial charge in [0.25, 0.3) is 0 Å². The Balaban J connectivity index is 1.57. The van der Waals surface area contributed by atoms with Gasteiger partial charge in [-0.2, -0.15) is 0 Å². The third-order valence-electron chi connectivity index (χ3n) is 9.77. The minimum Gasteiger partial charge on any atom is -0.463 e. The van der Waals surface area contributed by atoms with E-state index in [1.807, 2.05) is 6.92 Å². The first kappa shape index (κ1) is 21.0. The van der Waals surface area contributed by atoms with Gasteiger partial charge in [0, 0.05) is 25.7 Å². The molecular weight excluding hydrogens is 400 g/mol. The van der Waals surface area contributed by atoms with Crippen molar-refractivity contribution in [2.75, 3.05) is 0 Å². The van der Waals surface area contributed by atoms with Crippen LogP contribution in [0.25, 0.3) is 0 Å². The molecule has 7 nitrogen and oxygen atoms in total. The van der Waals surface area contributed by atoms with Crippen molar-refractivity contribution in [3.05, 3.63) is 0 Å². The molecule has 1 saturated heterocycles. The van der Waals surface area contributed by atoms with Crippen LogP contribution in [0.4, 0.5) is 0 Å². The molecule has 0 N–H and O–H groups in total. The van der Waals surface area contributed by atoms with Crippen molar-refractivity contribution in [2.45, 2.75) is 90.4 Å². The lowest BCUT2D eigenvalue weighted by molar-refractivity contribution is -0.228. The number of ether oxygens (including phenoxy) is 3. The number of hydrogen-bond acceptors (Lipinski definition) is 7. The Morgan fingerprint density at radius 3 is 2.32 bits per heavy atom. The summed E-state index contributed by atoms with van der Waals surface area (Å²) in [6.45, 7) is 6.85. The molecule has 7 heteroatoms. The van der Waals surface area contributed by atoms with Crippen LogP contribution in [0.1, 0.15) is 72.6 Å². The summed E-state index contributed by atoms with van der Waals surface area (Å²) >= 11 is 0. The van der Waals surface area contributed by atoms with Crippen LogP contribution in [0.5, 0.6) is 0 Å². The Morgan fingerprint density at radius 2 is 1.68 bits per heavy atom. The first-order chi connectivity index (χ1) is 14.5. The fraction of sp³-hybridized carbons (Fsp3) is 0.833. The summed E-state index contributed by atoms with van der Waals surface area (Å²) in [4.78, 5) is 50.3. The summed E-state index contributed by atoms with van der Waals surface area (Å²) in [5.74, 6) is -1.53. The minimum absolute atomic E-state index is 0.0116. The van der Waals surface area contributed by atoms with Gasteiger partial charge in [-0.15, -0.1) is 0 Å². The standard InChI is InChI=1S/C24H32O7/c1-12(25)29-15-7-9-22(3)14(11-15)5-6-16-18(22)19(30-13(2)26)20(27)23(4)17-8-10-24(16,23)31-21(17)28/h14-19H,5-11H2,1-4H3/t14-,15+,16-,17-,18-,19+,22+,23+,24+/m1/s1. The highest BCUT2D eigenvalue weighted by atomic mass is 16.6. The Labute approximate surface area is 182 Å². The number of Topliss-reactive ketones (excluding diaryl/α,β-unsaturated/α-hetero) is 1. The largest absolute Gasteiger partial charge is 0.463 e. The number of carbonyl (C=O) groups is 4. The molecule has 5 fully saturated rings. The monoisotopic (exact) mass is 432 g/mol. The zero-order valence-corrected chi connectivity index (χ0v) is 18.8. The maximum absolute atomic E-state index is 14.0. The van der Waals surface area contributed by atoms with Crippen molar-refractivity contribution in [2.24, 2.45) is 34.5 Å². The van der Waals surface area contributed by atoms with Crippen LogP contribution in [0.3, 0.4) is 0 Å². The lowest BCUT2D eigenvalue weighted by Crippen LogP contribution is -2.69. The van der Waals surface area contributed by atoms with Crippen LogP contribution in [-0.4, -0.2) is 41.5 Å². The zero-order chi connectivity index (χ0) is 22.3. The second-order valence-electron chi connectivity index (χ2n) is 10.9. The van der Waals surface area contributed by atoms with Gasteiger partial charge in [-0.3, -0.25) is 19.2 Å². The Bertz CT molecular complexity index is 866. The molecule has 0 aromatic heterocycles. The topological polar surface area (TPSA) is 96.0 Å². The fourth-order valence-corrected chi connectivity index (χ4v) is 8.46. The number of carbonyl (C=O) groups excluding carboxylic acids is 4. The molecular formula is C24H32O7. The highest BCUT2D eigenvalue weighted by Crippen LogP contribution is 2.72. The van der Waals surface area contributed by atoms with E-state index in [0.29, 0.717) is 12.8 Å². The van der Waals surface area contributed by atoms with E-state index in [4.69, 9.17) is 14.2 Å². The van der Waals surface area contributed by atoms with E-state index in [9.17, 15) is 19.2 Å². The predicted molar refractivity (Wildman–Crippen MR) is 107 cm³/mol. The van der Waals surface area contributed by atoms with Crippen LogP contribution >= 0.6 is 0 Å². The Kier molecular flexibility index (Phi) is 4.43. The molecule has 4 aliphatic carbocycles. The normalized spacial score (nSPS) is 50.1. The van der Waals surface area contributed by atoms with E-state index in [2.05, 4.69) is 6.92 Å². The van der Waals surface area contributed by atoms with Crippen molar-refractivity contribution < 1.29 is 33.4 Å². The highest BCUT2D eigenvalue weighted by Gasteiger charge is 2.80. The molecule has 1 heterocycles. The summed E-state index contributed by atoms with van der Waals surface area (Å²) in [6.07, 6.45) is 4.41. The van der Waals surface area contributed by atoms with Crippen molar-refractivity contribution in [3.63, 3.8) is 0 Å². The van der Waals surface area contributed by atoms with Gasteiger partial charge in [-0.1, -0.05) is 6.92 Å².